The zero-order valence-corrected chi connectivity index (χ0v) is 11.2. The Morgan fingerprint density at radius 2 is 2.16 bits per heavy atom. The third kappa shape index (κ3) is 2.69. The molecule has 1 fully saturated rings. The van der Waals surface area contributed by atoms with Crippen LogP contribution < -0.4 is 11.1 Å². The van der Waals surface area contributed by atoms with Crippen molar-refractivity contribution in [2.45, 2.75) is 25.4 Å². The van der Waals surface area contributed by atoms with Crippen LogP contribution in [0.3, 0.4) is 0 Å². The molecule has 3 N–H and O–H groups in total. The number of fused-ring (bicyclic) bond motifs is 1. The van der Waals surface area contributed by atoms with E-state index < -0.39 is 0 Å². The van der Waals surface area contributed by atoms with Crippen LogP contribution in [0.5, 0.6) is 0 Å². The van der Waals surface area contributed by atoms with E-state index in [1.807, 2.05) is 18.3 Å². The highest BCUT2D eigenvalue weighted by Crippen LogP contribution is 2.14. The van der Waals surface area contributed by atoms with Crippen LogP contribution in [0, 0.1) is 0 Å². The summed E-state index contributed by atoms with van der Waals surface area (Å²) in [7, 11) is 2.17. The number of imidazole rings is 1. The van der Waals surface area contributed by atoms with E-state index in [0.29, 0.717) is 12.6 Å². The summed E-state index contributed by atoms with van der Waals surface area (Å²) in [5, 5.41) is 8.03. The average molecular weight is 260 g/mol. The summed E-state index contributed by atoms with van der Waals surface area (Å²) in [4.78, 5) is 6.73. The molecular weight excluding hydrogens is 240 g/mol. The lowest BCUT2D eigenvalue weighted by atomic mass is 10.1. The van der Waals surface area contributed by atoms with Crippen LogP contribution in [0.25, 0.3) is 5.65 Å². The fourth-order valence-corrected chi connectivity index (χ4v) is 2.47. The second kappa shape index (κ2) is 5.14. The molecule has 2 aromatic heterocycles. The molecule has 102 valence electrons. The highest BCUT2D eigenvalue weighted by atomic mass is 15.3. The summed E-state index contributed by atoms with van der Waals surface area (Å²) < 4.78 is 1.79. The van der Waals surface area contributed by atoms with Gasteiger partial charge in [-0.05, 0) is 45.1 Å². The van der Waals surface area contributed by atoms with Gasteiger partial charge in [0, 0.05) is 12.6 Å². The van der Waals surface area contributed by atoms with E-state index >= 15 is 0 Å². The van der Waals surface area contributed by atoms with E-state index in [9.17, 15) is 0 Å². The Hall–Kier alpha value is -1.66. The molecule has 0 amide bonds. The van der Waals surface area contributed by atoms with Gasteiger partial charge in [-0.25, -0.2) is 9.50 Å². The predicted molar refractivity (Wildman–Crippen MR) is 75.0 cm³/mol. The normalized spacial score (nSPS) is 18.0. The minimum Gasteiger partial charge on any atom is -0.366 e. The Kier molecular flexibility index (Phi) is 3.35. The number of likely N-dealkylation sites (tertiary alicyclic amines) is 1. The number of nitrogens with one attached hydrogen (secondary N) is 1. The Balaban J connectivity index is 1.74. The van der Waals surface area contributed by atoms with Crippen LogP contribution >= 0.6 is 0 Å². The number of aromatic nitrogens is 3. The van der Waals surface area contributed by atoms with Crippen LogP contribution in [0.15, 0.2) is 18.3 Å². The van der Waals surface area contributed by atoms with Gasteiger partial charge in [0.15, 0.2) is 5.65 Å². The highest BCUT2D eigenvalue weighted by molar-refractivity contribution is 5.45. The van der Waals surface area contributed by atoms with Crippen LogP contribution in [-0.4, -0.2) is 45.7 Å². The largest absolute Gasteiger partial charge is 0.366 e. The van der Waals surface area contributed by atoms with Crippen LogP contribution in [0.2, 0.25) is 0 Å². The number of anilines is 1. The van der Waals surface area contributed by atoms with Gasteiger partial charge < -0.3 is 16.0 Å². The van der Waals surface area contributed by atoms with Crippen molar-refractivity contribution in [2.24, 2.45) is 5.73 Å². The first-order valence-corrected chi connectivity index (χ1v) is 6.75. The Bertz CT molecular complexity index is 555. The molecule has 1 aliphatic heterocycles. The summed E-state index contributed by atoms with van der Waals surface area (Å²) >= 11 is 0. The van der Waals surface area contributed by atoms with Crippen LogP contribution in [0.4, 0.5) is 5.82 Å². The molecule has 1 aliphatic rings. The molecule has 0 bridgehead atoms. The zero-order valence-electron chi connectivity index (χ0n) is 11.2. The van der Waals surface area contributed by atoms with E-state index in [4.69, 9.17) is 5.73 Å². The van der Waals surface area contributed by atoms with Crippen molar-refractivity contribution < 1.29 is 0 Å². The average Bonchev–Trinajstić information content (AvgIpc) is 2.83. The molecule has 0 unspecified atom stereocenters. The van der Waals surface area contributed by atoms with E-state index in [1.54, 1.807) is 4.52 Å². The van der Waals surface area contributed by atoms with Crippen molar-refractivity contribution in [3.8, 4) is 0 Å². The van der Waals surface area contributed by atoms with Crippen LogP contribution in [0.1, 0.15) is 18.5 Å². The second-order valence-corrected chi connectivity index (χ2v) is 5.18. The maximum atomic E-state index is 5.59. The topological polar surface area (TPSA) is 71.5 Å². The van der Waals surface area contributed by atoms with Gasteiger partial charge in [0.25, 0.3) is 0 Å². The summed E-state index contributed by atoms with van der Waals surface area (Å²) in [6, 6.07) is 4.48. The molecule has 3 heterocycles. The minimum atomic E-state index is 0.446. The monoisotopic (exact) mass is 260 g/mol. The number of nitrogens with zero attached hydrogens (tertiary/aromatic N) is 4. The summed E-state index contributed by atoms with van der Waals surface area (Å²) in [6.45, 7) is 2.73. The molecule has 19 heavy (non-hydrogen) atoms. The van der Waals surface area contributed by atoms with Gasteiger partial charge in [0.1, 0.15) is 5.82 Å². The molecule has 6 heteroatoms. The fourth-order valence-electron chi connectivity index (χ4n) is 2.47. The molecule has 0 radical (unpaired) electrons. The first-order valence-electron chi connectivity index (χ1n) is 6.75. The first kappa shape index (κ1) is 12.4. The Morgan fingerprint density at radius 3 is 2.89 bits per heavy atom. The quantitative estimate of drug-likeness (QED) is 0.850. The fraction of sp³-hybridized carbons (Fsp3) is 0.538. The van der Waals surface area contributed by atoms with Crippen molar-refractivity contribution in [1.82, 2.24) is 19.5 Å². The predicted octanol–water partition coefficient (Wildman–Crippen LogP) is 0.694. The smallest absolute Gasteiger partial charge is 0.153 e. The summed E-state index contributed by atoms with van der Waals surface area (Å²) in [6.07, 6.45) is 4.21. The summed E-state index contributed by atoms with van der Waals surface area (Å²) in [5.74, 6) is 0.906. The van der Waals surface area contributed by atoms with Gasteiger partial charge in [0.05, 0.1) is 11.9 Å². The van der Waals surface area contributed by atoms with Gasteiger partial charge >= 0.3 is 0 Å². The number of nitrogens with two attached hydrogens (primary N) is 1. The maximum absolute atomic E-state index is 5.59. The van der Waals surface area contributed by atoms with Gasteiger partial charge in [-0.15, -0.1) is 5.10 Å². The molecular formula is C13H20N6. The Morgan fingerprint density at radius 1 is 1.37 bits per heavy atom. The number of piperidine rings is 1. The van der Waals surface area contributed by atoms with Gasteiger partial charge in [-0.3, -0.25) is 0 Å². The van der Waals surface area contributed by atoms with Gasteiger partial charge in [-0.1, -0.05) is 0 Å². The molecule has 0 saturated carbocycles. The number of hydrogen-bond donors (Lipinski definition) is 2. The molecule has 0 atom stereocenters. The van der Waals surface area contributed by atoms with E-state index in [-0.39, 0.29) is 0 Å². The van der Waals surface area contributed by atoms with Crippen molar-refractivity contribution in [2.75, 3.05) is 25.5 Å². The van der Waals surface area contributed by atoms with Crippen LogP contribution in [-0.2, 0) is 6.54 Å². The second-order valence-electron chi connectivity index (χ2n) is 5.18. The van der Waals surface area contributed by atoms with E-state index in [1.165, 1.54) is 0 Å². The zero-order chi connectivity index (χ0) is 13.2. The van der Waals surface area contributed by atoms with Gasteiger partial charge in [-0.2, -0.15) is 0 Å². The maximum Gasteiger partial charge on any atom is 0.153 e. The van der Waals surface area contributed by atoms with Crippen molar-refractivity contribution in [3.05, 3.63) is 24.0 Å². The SMILES string of the molecule is CN1CCC(Nc2ccc3nc(CN)cn3n2)CC1. The lowest BCUT2D eigenvalue weighted by molar-refractivity contribution is 0.263. The van der Waals surface area contributed by atoms with Crippen molar-refractivity contribution in [3.63, 3.8) is 0 Å². The van der Waals surface area contributed by atoms with E-state index in [0.717, 1.165) is 43.1 Å². The lowest BCUT2D eigenvalue weighted by Gasteiger charge is -2.29. The highest BCUT2D eigenvalue weighted by Gasteiger charge is 2.16. The molecule has 6 nitrogen and oxygen atoms in total. The minimum absolute atomic E-state index is 0.446. The lowest BCUT2D eigenvalue weighted by Crippen LogP contribution is -2.36. The Labute approximate surface area is 112 Å². The molecule has 2 aromatic rings. The number of rotatable bonds is 3. The van der Waals surface area contributed by atoms with Crippen molar-refractivity contribution >= 4 is 11.5 Å². The standard InChI is InChI=1S/C13H20N6/c1-18-6-4-10(5-7-18)15-12-2-3-13-16-11(8-14)9-19(13)17-12/h2-3,9-10H,4-8,14H2,1H3,(H,15,17). The molecule has 0 aliphatic carbocycles. The molecule has 0 aromatic carbocycles. The summed E-state index contributed by atoms with van der Waals surface area (Å²) in [5.41, 5.74) is 7.30. The van der Waals surface area contributed by atoms with Gasteiger partial charge in [0.2, 0.25) is 0 Å². The molecule has 1 saturated heterocycles. The number of hydrogen-bond acceptors (Lipinski definition) is 5. The third-order valence-electron chi connectivity index (χ3n) is 3.65. The molecule has 3 rings (SSSR count). The van der Waals surface area contributed by atoms with E-state index in [2.05, 4.69) is 27.3 Å². The van der Waals surface area contributed by atoms with Crippen molar-refractivity contribution in [1.29, 1.82) is 0 Å². The third-order valence-corrected chi connectivity index (χ3v) is 3.65. The molecule has 0 spiro atoms. The first-order chi connectivity index (χ1) is 9.24.